The molecule has 5 heteroatoms. The monoisotopic (exact) mass is 269 g/mol. The zero-order valence-electron chi connectivity index (χ0n) is 11.3. The summed E-state index contributed by atoms with van der Waals surface area (Å²) in [6.07, 6.45) is 1.04. The highest BCUT2D eigenvalue weighted by Gasteiger charge is 2.15. The van der Waals surface area contributed by atoms with Crippen molar-refractivity contribution in [1.29, 1.82) is 0 Å². The fourth-order valence-electron chi connectivity index (χ4n) is 2.34. The number of hydrogen-bond acceptors (Lipinski definition) is 3. The van der Waals surface area contributed by atoms with Gasteiger partial charge in [0.2, 0.25) is 0 Å². The lowest BCUT2D eigenvalue weighted by molar-refractivity contribution is 0.231. The number of likely N-dealkylation sites (N-methyl/N-ethyl adjacent to an activating group) is 1. The van der Waals surface area contributed by atoms with Gasteiger partial charge in [-0.3, -0.25) is 0 Å². The van der Waals surface area contributed by atoms with Gasteiger partial charge in [0.1, 0.15) is 0 Å². The Morgan fingerprint density at radius 1 is 1.37 bits per heavy atom. The maximum Gasteiger partial charge on any atom is 0.159 e. The van der Waals surface area contributed by atoms with Gasteiger partial charge in [0.05, 0.1) is 0 Å². The Labute approximate surface area is 113 Å². The first-order chi connectivity index (χ1) is 9.15. The minimum atomic E-state index is -0.793. The van der Waals surface area contributed by atoms with Crippen molar-refractivity contribution in [2.45, 2.75) is 19.0 Å². The van der Waals surface area contributed by atoms with E-state index in [0.29, 0.717) is 12.6 Å². The third-order valence-corrected chi connectivity index (χ3v) is 3.44. The van der Waals surface area contributed by atoms with Crippen LogP contribution in [0, 0.1) is 11.6 Å². The molecule has 1 unspecified atom stereocenters. The average molecular weight is 269 g/mol. The van der Waals surface area contributed by atoms with Crippen molar-refractivity contribution in [3.8, 4) is 0 Å². The van der Waals surface area contributed by atoms with Gasteiger partial charge in [-0.1, -0.05) is 6.07 Å². The van der Waals surface area contributed by atoms with E-state index in [1.165, 1.54) is 12.1 Å². The number of nitrogens with zero attached hydrogens (tertiary/aromatic N) is 1. The molecular formula is C14H21F2N3. The second-order valence-corrected chi connectivity index (χ2v) is 5.13. The normalized spacial score (nSPS) is 20.7. The summed E-state index contributed by atoms with van der Waals surface area (Å²) in [4.78, 5) is 2.32. The molecule has 0 radical (unpaired) electrons. The van der Waals surface area contributed by atoms with Gasteiger partial charge in [0.15, 0.2) is 11.6 Å². The molecule has 1 aliphatic rings. The zero-order valence-corrected chi connectivity index (χ0v) is 11.3. The molecule has 2 N–H and O–H groups in total. The number of rotatable bonds is 5. The van der Waals surface area contributed by atoms with Crippen molar-refractivity contribution in [2.75, 3.05) is 33.2 Å². The fourth-order valence-corrected chi connectivity index (χ4v) is 2.34. The third kappa shape index (κ3) is 4.53. The molecule has 1 aromatic carbocycles. The molecule has 1 aliphatic heterocycles. The molecule has 2 rings (SSSR count). The first-order valence-corrected chi connectivity index (χ1v) is 6.72. The summed E-state index contributed by atoms with van der Waals surface area (Å²) in [7, 11) is 2.13. The molecule has 0 bridgehead atoms. The third-order valence-electron chi connectivity index (χ3n) is 3.44. The highest BCUT2D eigenvalue weighted by atomic mass is 19.2. The number of halogens is 2. The van der Waals surface area contributed by atoms with Gasteiger partial charge in [0, 0.05) is 32.2 Å². The summed E-state index contributed by atoms with van der Waals surface area (Å²) >= 11 is 0. The lowest BCUT2D eigenvalue weighted by Crippen LogP contribution is -2.49. The molecule has 1 fully saturated rings. The van der Waals surface area contributed by atoms with Gasteiger partial charge in [-0.25, -0.2) is 8.78 Å². The van der Waals surface area contributed by atoms with Crippen molar-refractivity contribution in [3.05, 3.63) is 35.4 Å². The number of hydrogen-bond donors (Lipinski definition) is 2. The second-order valence-electron chi connectivity index (χ2n) is 5.13. The van der Waals surface area contributed by atoms with E-state index in [9.17, 15) is 8.78 Å². The Balaban J connectivity index is 1.67. The van der Waals surface area contributed by atoms with E-state index in [0.717, 1.165) is 38.2 Å². The van der Waals surface area contributed by atoms with Crippen molar-refractivity contribution < 1.29 is 8.78 Å². The van der Waals surface area contributed by atoms with Crippen LogP contribution in [0.2, 0.25) is 0 Å². The van der Waals surface area contributed by atoms with E-state index < -0.39 is 11.6 Å². The van der Waals surface area contributed by atoms with Gasteiger partial charge in [0.25, 0.3) is 0 Å². The van der Waals surface area contributed by atoms with Crippen LogP contribution in [0.1, 0.15) is 12.0 Å². The first kappa shape index (κ1) is 14.4. The molecule has 19 heavy (non-hydrogen) atoms. The summed E-state index contributed by atoms with van der Waals surface area (Å²) in [5.41, 5.74) is 0.771. The van der Waals surface area contributed by atoms with Gasteiger partial charge < -0.3 is 15.5 Å². The van der Waals surface area contributed by atoms with Crippen LogP contribution in [0.15, 0.2) is 18.2 Å². The molecule has 1 atom stereocenters. The van der Waals surface area contributed by atoms with E-state index in [2.05, 4.69) is 22.6 Å². The van der Waals surface area contributed by atoms with E-state index in [1.807, 2.05) is 0 Å². The number of nitrogens with one attached hydrogen (secondary N) is 2. The van der Waals surface area contributed by atoms with Crippen LogP contribution >= 0.6 is 0 Å². The molecule has 1 saturated heterocycles. The van der Waals surface area contributed by atoms with Crippen LogP contribution in [-0.2, 0) is 6.54 Å². The van der Waals surface area contributed by atoms with Crippen LogP contribution < -0.4 is 10.6 Å². The SMILES string of the molecule is CN1CCNC(CCNCc2ccc(F)c(F)c2)C1. The number of piperazine rings is 1. The van der Waals surface area contributed by atoms with E-state index in [1.54, 1.807) is 6.07 Å². The Morgan fingerprint density at radius 2 is 2.21 bits per heavy atom. The van der Waals surface area contributed by atoms with Crippen molar-refractivity contribution in [1.82, 2.24) is 15.5 Å². The fraction of sp³-hybridized carbons (Fsp3) is 0.571. The lowest BCUT2D eigenvalue weighted by Gasteiger charge is -2.30. The van der Waals surface area contributed by atoms with Gasteiger partial charge >= 0.3 is 0 Å². The molecule has 0 amide bonds. The summed E-state index contributed by atoms with van der Waals surface area (Å²) < 4.78 is 25.8. The summed E-state index contributed by atoms with van der Waals surface area (Å²) in [6.45, 7) is 4.63. The van der Waals surface area contributed by atoms with E-state index in [4.69, 9.17) is 0 Å². The molecule has 1 heterocycles. The van der Waals surface area contributed by atoms with Crippen molar-refractivity contribution in [2.24, 2.45) is 0 Å². The molecule has 3 nitrogen and oxygen atoms in total. The van der Waals surface area contributed by atoms with E-state index in [-0.39, 0.29) is 0 Å². The van der Waals surface area contributed by atoms with Gasteiger partial charge in [-0.2, -0.15) is 0 Å². The minimum Gasteiger partial charge on any atom is -0.313 e. The van der Waals surface area contributed by atoms with Crippen LogP contribution in [0.4, 0.5) is 8.78 Å². The molecular weight excluding hydrogens is 248 g/mol. The summed E-state index contributed by atoms with van der Waals surface area (Å²) in [5, 5.41) is 6.74. The minimum absolute atomic E-state index is 0.510. The highest BCUT2D eigenvalue weighted by molar-refractivity contribution is 5.17. The molecule has 0 aliphatic carbocycles. The predicted molar refractivity (Wildman–Crippen MR) is 72.0 cm³/mol. The largest absolute Gasteiger partial charge is 0.313 e. The Morgan fingerprint density at radius 3 is 2.95 bits per heavy atom. The maximum absolute atomic E-state index is 13.0. The second kappa shape index (κ2) is 6.93. The first-order valence-electron chi connectivity index (χ1n) is 6.72. The molecule has 0 saturated carbocycles. The van der Waals surface area contributed by atoms with Crippen LogP contribution in [0.25, 0.3) is 0 Å². The van der Waals surface area contributed by atoms with Gasteiger partial charge in [-0.05, 0) is 37.7 Å². The zero-order chi connectivity index (χ0) is 13.7. The Kier molecular flexibility index (Phi) is 5.24. The van der Waals surface area contributed by atoms with Crippen LogP contribution in [-0.4, -0.2) is 44.2 Å². The molecule has 106 valence electrons. The smallest absolute Gasteiger partial charge is 0.159 e. The molecule has 1 aromatic rings. The van der Waals surface area contributed by atoms with Crippen molar-refractivity contribution >= 4 is 0 Å². The maximum atomic E-state index is 13.0. The Hall–Kier alpha value is -1.04. The summed E-state index contributed by atoms with van der Waals surface area (Å²) in [5.74, 6) is -1.58. The van der Waals surface area contributed by atoms with Crippen molar-refractivity contribution in [3.63, 3.8) is 0 Å². The quantitative estimate of drug-likeness (QED) is 0.790. The summed E-state index contributed by atoms with van der Waals surface area (Å²) in [6, 6.07) is 4.54. The van der Waals surface area contributed by atoms with Crippen LogP contribution in [0.5, 0.6) is 0 Å². The molecule has 0 aromatic heterocycles. The lowest BCUT2D eigenvalue weighted by atomic mass is 10.1. The highest BCUT2D eigenvalue weighted by Crippen LogP contribution is 2.08. The topological polar surface area (TPSA) is 27.3 Å². The number of benzene rings is 1. The standard InChI is InChI=1S/C14H21F2N3/c1-19-7-6-18-12(10-19)4-5-17-9-11-2-3-13(15)14(16)8-11/h2-3,8,12,17-18H,4-7,9-10H2,1H3. The average Bonchev–Trinajstić information content (AvgIpc) is 2.39. The molecule has 0 spiro atoms. The van der Waals surface area contributed by atoms with Crippen LogP contribution in [0.3, 0.4) is 0 Å². The van der Waals surface area contributed by atoms with E-state index >= 15 is 0 Å². The van der Waals surface area contributed by atoms with Gasteiger partial charge in [-0.15, -0.1) is 0 Å². The Bertz CT molecular complexity index is 412. The predicted octanol–water partition coefficient (Wildman–Crippen LogP) is 1.35.